The Morgan fingerprint density at radius 3 is 2.48 bits per heavy atom. The summed E-state index contributed by atoms with van der Waals surface area (Å²) in [5, 5.41) is 2.62. The van der Waals surface area contributed by atoms with Crippen molar-refractivity contribution in [3.05, 3.63) is 24.3 Å². The molecule has 0 aliphatic carbocycles. The summed E-state index contributed by atoms with van der Waals surface area (Å²) in [4.78, 5) is 50.2. The smallest absolute Gasteiger partial charge is 0.324 e. The second kappa shape index (κ2) is 6.82. The third-order valence-corrected chi connectivity index (χ3v) is 3.98. The van der Waals surface area contributed by atoms with Crippen molar-refractivity contribution < 1.29 is 19.2 Å². The number of rotatable bonds is 5. The van der Waals surface area contributed by atoms with Gasteiger partial charge in [-0.2, -0.15) is 0 Å². The molecular formula is C15H17N3O4S. The zero-order chi connectivity index (χ0) is 17.1. The molecule has 1 N–H and O–H groups in total. The topological polar surface area (TPSA) is 86.8 Å². The summed E-state index contributed by atoms with van der Waals surface area (Å²) in [6, 6.07) is 5.97. The van der Waals surface area contributed by atoms with E-state index in [1.165, 1.54) is 11.8 Å². The standard InChI is InChI=1S/C15H17N3O4S/c1-9(2)18-14(21)13(20)17(15(18)22)8-12(19)16-10-5-4-6-11(7-10)23-3/h4-7,9H,8H2,1-3H3,(H,16,19). The van der Waals surface area contributed by atoms with Crippen LogP contribution in [0.1, 0.15) is 13.8 Å². The normalized spacial score (nSPS) is 14.9. The lowest BCUT2D eigenvalue weighted by molar-refractivity contribution is -0.144. The Morgan fingerprint density at radius 1 is 1.22 bits per heavy atom. The summed E-state index contributed by atoms with van der Waals surface area (Å²) in [5.41, 5.74) is 0.563. The first-order valence-corrected chi connectivity index (χ1v) is 8.20. The Labute approximate surface area is 138 Å². The third kappa shape index (κ3) is 3.53. The van der Waals surface area contributed by atoms with E-state index in [1.54, 1.807) is 32.0 Å². The van der Waals surface area contributed by atoms with E-state index in [0.29, 0.717) is 10.6 Å². The molecular weight excluding hydrogens is 318 g/mol. The number of anilines is 1. The minimum Gasteiger partial charge on any atom is -0.324 e. The van der Waals surface area contributed by atoms with E-state index in [-0.39, 0.29) is 0 Å². The summed E-state index contributed by atoms with van der Waals surface area (Å²) < 4.78 is 0. The first-order chi connectivity index (χ1) is 10.8. The number of nitrogens with zero attached hydrogens (tertiary/aromatic N) is 2. The number of carbonyl (C=O) groups is 4. The lowest BCUT2D eigenvalue weighted by Gasteiger charge is -2.18. The Balaban J connectivity index is 2.06. The molecule has 1 fully saturated rings. The van der Waals surface area contributed by atoms with E-state index in [9.17, 15) is 19.2 Å². The molecule has 1 saturated heterocycles. The summed E-state index contributed by atoms with van der Waals surface area (Å²) in [6.07, 6.45) is 1.91. The summed E-state index contributed by atoms with van der Waals surface area (Å²) in [7, 11) is 0. The molecule has 0 saturated carbocycles. The molecule has 2 rings (SSSR count). The molecule has 1 aromatic rings. The molecule has 0 spiro atoms. The van der Waals surface area contributed by atoms with Gasteiger partial charge >= 0.3 is 17.8 Å². The average Bonchev–Trinajstić information content (AvgIpc) is 2.71. The molecule has 0 atom stereocenters. The predicted octanol–water partition coefficient (Wildman–Crippen LogP) is 1.55. The second-order valence-corrected chi connectivity index (χ2v) is 6.10. The average molecular weight is 335 g/mol. The highest BCUT2D eigenvalue weighted by atomic mass is 32.2. The highest BCUT2D eigenvalue weighted by Gasteiger charge is 2.46. The third-order valence-electron chi connectivity index (χ3n) is 3.26. The number of imide groups is 2. The fraction of sp³-hybridized carbons (Fsp3) is 0.333. The molecule has 0 radical (unpaired) electrons. The maximum atomic E-state index is 12.1. The van der Waals surface area contributed by atoms with Crippen LogP contribution in [0.2, 0.25) is 0 Å². The summed E-state index contributed by atoms with van der Waals surface area (Å²) in [5.74, 6) is -2.41. The van der Waals surface area contributed by atoms with E-state index in [1.807, 2.05) is 12.3 Å². The Hall–Kier alpha value is -2.35. The molecule has 1 aliphatic rings. The van der Waals surface area contributed by atoms with Gasteiger partial charge in [-0.15, -0.1) is 11.8 Å². The van der Waals surface area contributed by atoms with Crippen LogP contribution in [0.5, 0.6) is 0 Å². The predicted molar refractivity (Wildman–Crippen MR) is 85.9 cm³/mol. The first-order valence-electron chi connectivity index (χ1n) is 6.98. The first kappa shape index (κ1) is 17.0. The van der Waals surface area contributed by atoms with Crippen LogP contribution in [0.4, 0.5) is 10.5 Å². The lowest BCUT2D eigenvalue weighted by Crippen LogP contribution is -2.40. The molecule has 122 valence electrons. The van der Waals surface area contributed by atoms with Crippen LogP contribution in [-0.4, -0.2) is 52.4 Å². The number of hydrogen-bond acceptors (Lipinski definition) is 5. The number of benzene rings is 1. The van der Waals surface area contributed by atoms with E-state index in [0.717, 1.165) is 9.80 Å². The molecule has 23 heavy (non-hydrogen) atoms. The van der Waals surface area contributed by atoms with Gasteiger partial charge < -0.3 is 5.32 Å². The minimum atomic E-state index is -0.975. The van der Waals surface area contributed by atoms with Crippen LogP contribution in [0.15, 0.2) is 29.2 Å². The van der Waals surface area contributed by atoms with Gasteiger partial charge in [-0.25, -0.2) is 9.69 Å². The number of urea groups is 1. The van der Waals surface area contributed by atoms with Crippen molar-refractivity contribution in [3.8, 4) is 0 Å². The van der Waals surface area contributed by atoms with Crippen LogP contribution < -0.4 is 5.32 Å². The molecule has 1 heterocycles. The van der Waals surface area contributed by atoms with Crippen LogP contribution >= 0.6 is 11.8 Å². The van der Waals surface area contributed by atoms with Gasteiger partial charge in [0.25, 0.3) is 0 Å². The van der Waals surface area contributed by atoms with E-state index in [2.05, 4.69) is 5.32 Å². The molecule has 1 aromatic carbocycles. The molecule has 0 bridgehead atoms. The summed E-state index contributed by atoms with van der Waals surface area (Å²) in [6.45, 7) is 2.76. The number of amides is 5. The number of thioether (sulfide) groups is 1. The maximum Gasteiger partial charge on any atom is 0.334 e. The fourth-order valence-corrected chi connectivity index (χ4v) is 2.62. The number of nitrogens with one attached hydrogen (secondary N) is 1. The zero-order valence-corrected chi connectivity index (χ0v) is 13.8. The highest BCUT2D eigenvalue weighted by Crippen LogP contribution is 2.19. The van der Waals surface area contributed by atoms with Gasteiger partial charge in [0, 0.05) is 16.6 Å². The zero-order valence-electron chi connectivity index (χ0n) is 13.0. The SMILES string of the molecule is CSc1cccc(NC(=O)CN2C(=O)C(=O)N(C(C)C)C2=O)c1. The van der Waals surface area contributed by atoms with E-state index in [4.69, 9.17) is 0 Å². The quantitative estimate of drug-likeness (QED) is 0.501. The van der Waals surface area contributed by atoms with Gasteiger partial charge in [-0.1, -0.05) is 6.07 Å². The Morgan fingerprint density at radius 2 is 1.91 bits per heavy atom. The van der Waals surface area contributed by atoms with Crippen LogP contribution in [0, 0.1) is 0 Å². The summed E-state index contributed by atoms with van der Waals surface area (Å²) >= 11 is 1.53. The minimum absolute atomic E-state index is 0.440. The highest BCUT2D eigenvalue weighted by molar-refractivity contribution is 7.98. The van der Waals surface area contributed by atoms with E-state index < -0.39 is 36.3 Å². The fourth-order valence-electron chi connectivity index (χ4n) is 2.16. The van der Waals surface area contributed by atoms with Gasteiger partial charge in [0.2, 0.25) is 5.91 Å². The molecule has 7 nitrogen and oxygen atoms in total. The lowest BCUT2D eigenvalue weighted by atomic mass is 10.3. The van der Waals surface area contributed by atoms with Crippen LogP contribution in [0.25, 0.3) is 0 Å². The van der Waals surface area contributed by atoms with Gasteiger partial charge in [0.1, 0.15) is 6.54 Å². The number of carbonyl (C=O) groups excluding carboxylic acids is 4. The Bertz CT molecular complexity index is 674. The number of hydrogen-bond donors (Lipinski definition) is 1. The molecule has 0 aromatic heterocycles. The maximum absolute atomic E-state index is 12.1. The van der Waals surface area contributed by atoms with Crippen molar-refractivity contribution in [2.24, 2.45) is 0 Å². The van der Waals surface area contributed by atoms with Crippen LogP contribution in [-0.2, 0) is 14.4 Å². The van der Waals surface area contributed by atoms with Crippen molar-refractivity contribution in [2.75, 3.05) is 18.1 Å². The molecule has 0 unspecified atom stereocenters. The van der Waals surface area contributed by atoms with E-state index >= 15 is 0 Å². The van der Waals surface area contributed by atoms with Gasteiger partial charge in [-0.3, -0.25) is 19.3 Å². The van der Waals surface area contributed by atoms with Crippen molar-refractivity contribution in [1.82, 2.24) is 9.80 Å². The van der Waals surface area contributed by atoms with Gasteiger partial charge in [0.15, 0.2) is 0 Å². The monoisotopic (exact) mass is 335 g/mol. The van der Waals surface area contributed by atoms with Crippen molar-refractivity contribution in [2.45, 2.75) is 24.8 Å². The van der Waals surface area contributed by atoms with Gasteiger partial charge in [-0.05, 0) is 38.3 Å². The van der Waals surface area contributed by atoms with Crippen LogP contribution in [0.3, 0.4) is 0 Å². The van der Waals surface area contributed by atoms with Crippen molar-refractivity contribution in [3.63, 3.8) is 0 Å². The van der Waals surface area contributed by atoms with Crippen molar-refractivity contribution in [1.29, 1.82) is 0 Å². The Kier molecular flexibility index (Phi) is 5.05. The van der Waals surface area contributed by atoms with Crippen molar-refractivity contribution >= 4 is 41.2 Å². The molecule has 1 aliphatic heterocycles. The largest absolute Gasteiger partial charge is 0.334 e. The van der Waals surface area contributed by atoms with Gasteiger partial charge in [0.05, 0.1) is 0 Å². The second-order valence-electron chi connectivity index (χ2n) is 5.22. The molecule has 8 heteroatoms. The molecule has 5 amide bonds.